The van der Waals surface area contributed by atoms with Gasteiger partial charge in [0.2, 0.25) is 0 Å². The molecule has 4 aliphatic rings. The topological polar surface area (TPSA) is 150 Å². The standard InChI is InChI=1S/C46H58N4O6/c1-25-33(17-19-43(51)52)39-24-40-34(18-20-44(53)54)26(2)36(48-40)22-41-46(30(6)56-32-15-11-8-12-16-32)28(4)38(50-41)23-42-45(27(3)37(49-42)21-35(25)47-39)29(5)55-31-13-9-7-10-14-31/h21-24,29-32,49-50H,7-20H2,1-6H3,(H,51,52)(H,53,54). The maximum absolute atomic E-state index is 11.8. The van der Waals surface area contributed by atoms with Crippen molar-refractivity contribution >= 4 is 56.3 Å². The molecule has 0 aromatic carbocycles. The van der Waals surface area contributed by atoms with E-state index in [2.05, 4.69) is 55.9 Å². The third-order valence-electron chi connectivity index (χ3n) is 12.5. The predicted octanol–water partition coefficient (Wildman–Crippen LogP) is 11.3. The zero-order chi connectivity index (χ0) is 39.7. The van der Waals surface area contributed by atoms with Crippen LogP contribution in [0.5, 0.6) is 0 Å². The number of nitrogens with one attached hydrogen (secondary N) is 2. The number of carboxylic acid groups (broad SMARTS) is 2. The van der Waals surface area contributed by atoms with Gasteiger partial charge in [0.15, 0.2) is 0 Å². The SMILES string of the molecule is CC1=C(CCC(=O)O)c2cc3nc(cc4[nH]c(cc5[nH]c(cc1n2)c(C)c5C(C)OC1CCCCC1)c(C)c4C(C)OC1CCCCC1)C(C)=C3CCC(=O)O. The summed E-state index contributed by atoms with van der Waals surface area (Å²) in [6.07, 6.45) is 12.2. The first-order chi connectivity index (χ1) is 26.9. The maximum atomic E-state index is 11.8. The fourth-order valence-electron chi connectivity index (χ4n) is 9.40. The summed E-state index contributed by atoms with van der Waals surface area (Å²) in [7, 11) is 0. The highest BCUT2D eigenvalue weighted by atomic mass is 16.5. The van der Waals surface area contributed by atoms with Gasteiger partial charge in [-0.15, -0.1) is 0 Å². The molecule has 56 heavy (non-hydrogen) atoms. The van der Waals surface area contributed by atoms with Crippen molar-refractivity contribution in [2.75, 3.05) is 0 Å². The Bertz CT molecular complexity index is 2230. The van der Waals surface area contributed by atoms with Gasteiger partial charge in [-0.25, -0.2) is 9.97 Å². The highest BCUT2D eigenvalue weighted by Gasteiger charge is 2.26. The van der Waals surface area contributed by atoms with Crippen LogP contribution in [0.4, 0.5) is 0 Å². The van der Waals surface area contributed by atoms with E-state index in [1.807, 2.05) is 19.9 Å². The van der Waals surface area contributed by atoms with Crippen LogP contribution in [0.3, 0.4) is 0 Å². The molecule has 3 aromatic heterocycles. The van der Waals surface area contributed by atoms with E-state index in [-0.39, 0.29) is 37.3 Å². The van der Waals surface area contributed by atoms with Crippen LogP contribution in [0.1, 0.15) is 175 Å². The summed E-state index contributed by atoms with van der Waals surface area (Å²) in [5.74, 6) is -1.76. The normalized spacial score (nSPS) is 18.1. The second kappa shape index (κ2) is 16.9. The Morgan fingerprint density at radius 2 is 1.00 bits per heavy atom. The summed E-state index contributed by atoms with van der Waals surface area (Å²) in [6.45, 7) is 12.6. The van der Waals surface area contributed by atoms with Crippen molar-refractivity contribution in [3.63, 3.8) is 0 Å². The highest BCUT2D eigenvalue weighted by Crippen LogP contribution is 2.40. The van der Waals surface area contributed by atoms with Crippen LogP contribution in [-0.4, -0.2) is 54.3 Å². The fraction of sp³-hybridized carbons (Fsp3) is 0.522. The van der Waals surface area contributed by atoms with Crippen molar-refractivity contribution in [2.45, 2.75) is 156 Å². The lowest BCUT2D eigenvalue weighted by molar-refractivity contribution is -0.137. The van der Waals surface area contributed by atoms with Gasteiger partial charge in [-0.1, -0.05) is 38.5 Å². The Morgan fingerprint density at radius 1 is 0.607 bits per heavy atom. The molecule has 8 bridgehead atoms. The molecular weight excluding hydrogens is 705 g/mol. The molecule has 0 saturated heterocycles. The molecule has 3 aromatic rings. The van der Waals surface area contributed by atoms with Gasteiger partial charge in [0, 0.05) is 46.0 Å². The van der Waals surface area contributed by atoms with E-state index in [1.165, 1.54) is 38.5 Å². The van der Waals surface area contributed by atoms with Gasteiger partial charge in [0.05, 0.1) is 47.2 Å². The predicted molar refractivity (Wildman–Crippen MR) is 222 cm³/mol. The van der Waals surface area contributed by atoms with Crippen LogP contribution in [0.15, 0.2) is 24.3 Å². The van der Waals surface area contributed by atoms with Crippen molar-refractivity contribution in [1.82, 2.24) is 19.9 Å². The number of hydrogen-bond acceptors (Lipinski definition) is 6. The Hall–Kier alpha value is -4.54. The van der Waals surface area contributed by atoms with Crippen LogP contribution in [0.2, 0.25) is 0 Å². The molecular formula is C46H58N4O6. The van der Waals surface area contributed by atoms with E-state index in [9.17, 15) is 19.8 Å². The molecule has 10 nitrogen and oxygen atoms in total. The third-order valence-corrected chi connectivity index (χ3v) is 12.5. The van der Waals surface area contributed by atoms with Crippen molar-refractivity contribution in [1.29, 1.82) is 0 Å². The molecule has 4 N–H and O–H groups in total. The Balaban J connectivity index is 1.51. The summed E-state index contributed by atoms with van der Waals surface area (Å²) in [5.41, 5.74) is 14.5. The van der Waals surface area contributed by atoms with Gasteiger partial charge in [0.1, 0.15) is 0 Å². The quantitative estimate of drug-likeness (QED) is 0.142. The molecule has 2 atom stereocenters. The minimum absolute atomic E-state index is 0.0375. The zero-order valence-corrected chi connectivity index (χ0v) is 33.9. The van der Waals surface area contributed by atoms with E-state index in [4.69, 9.17) is 19.4 Å². The van der Waals surface area contributed by atoms with Crippen LogP contribution in [0, 0.1) is 13.8 Å². The van der Waals surface area contributed by atoms with E-state index < -0.39 is 11.9 Å². The van der Waals surface area contributed by atoms with E-state index in [1.54, 1.807) is 0 Å². The van der Waals surface area contributed by atoms with Crippen LogP contribution in [-0.2, 0) is 19.1 Å². The number of aliphatic carboxylic acids is 2. The first-order valence-corrected chi connectivity index (χ1v) is 20.8. The second-order valence-electron chi connectivity index (χ2n) is 16.4. The number of nitrogens with zero attached hydrogens (tertiary/aromatic N) is 2. The van der Waals surface area contributed by atoms with E-state index in [0.717, 1.165) is 104 Å². The Morgan fingerprint density at radius 3 is 1.43 bits per heavy atom. The lowest BCUT2D eigenvalue weighted by atomic mass is 9.97. The number of H-pyrrole nitrogens is 2. The van der Waals surface area contributed by atoms with Crippen molar-refractivity contribution in [3.05, 3.63) is 69.3 Å². The fourth-order valence-corrected chi connectivity index (χ4v) is 9.40. The summed E-state index contributed by atoms with van der Waals surface area (Å²) in [6, 6.07) is 8.27. The number of hydrogen-bond donors (Lipinski definition) is 4. The maximum Gasteiger partial charge on any atom is 0.303 e. The van der Waals surface area contributed by atoms with Gasteiger partial charge < -0.3 is 29.7 Å². The lowest BCUT2D eigenvalue weighted by Crippen LogP contribution is -2.18. The largest absolute Gasteiger partial charge is 0.481 e. The molecule has 2 unspecified atom stereocenters. The Labute approximate surface area is 329 Å². The second-order valence-corrected chi connectivity index (χ2v) is 16.4. The van der Waals surface area contributed by atoms with Crippen molar-refractivity contribution < 1.29 is 29.3 Å². The van der Waals surface area contributed by atoms with Crippen LogP contribution in [0.25, 0.3) is 44.4 Å². The molecule has 298 valence electrons. The molecule has 2 aliphatic heterocycles. The van der Waals surface area contributed by atoms with Gasteiger partial charge in [0.25, 0.3) is 0 Å². The number of rotatable bonds is 12. The first-order valence-electron chi connectivity index (χ1n) is 20.8. The summed E-state index contributed by atoms with van der Waals surface area (Å²) in [5, 5.41) is 19.4. The number of fused-ring (bicyclic) bond motifs is 8. The Kier molecular flexibility index (Phi) is 12.0. The van der Waals surface area contributed by atoms with Crippen molar-refractivity contribution in [3.8, 4) is 0 Å². The van der Waals surface area contributed by atoms with Gasteiger partial charge >= 0.3 is 11.9 Å². The smallest absolute Gasteiger partial charge is 0.303 e. The number of allylic oxidation sites excluding steroid dienone is 4. The summed E-state index contributed by atoms with van der Waals surface area (Å²) in [4.78, 5) is 41.5. The van der Waals surface area contributed by atoms with E-state index >= 15 is 0 Å². The summed E-state index contributed by atoms with van der Waals surface area (Å²) >= 11 is 0. The third kappa shape index (κ3) is 8.42. The minimum Gasteiger partial charge on any atom is -0.481 e. The number of carbonyl (C=O) groups is 2. The number of aromatic amines is 2. The first kappa shape index (κ1) is 39.7. The van der Waals surface area contributed by atoms with Crippen LogP contribution >= 0.6 is 0 Å². The lowest BCUT2D eigenvalue weighted by Gasteiger charge is -2.26. The molecule has 2 saturated carbocycles. The molecule has 7 rings (SSSR count). The molecule has 0 amide bonds. The molecule has 0 spiro atoms. The average Bonchev–Trinajstić information content (AvgIpc) is 3.83. The average molecular weight is 763 g/mol. The number of aryl methyl sites for hydroxylation is 2. The molecule has 2 aliphatic carbocycles. The zero-order valence-electron chi connectivity index (χ0n) is 33.9. The highest BCUT2D eigenvalue weighted by molar-refractivity contribution is 5.96. The van der Waals surface area contributed by atoms with Crippen molar-refractivity contribution in [2.24, 2.45) is 0 Å². The van der Waals surface area contributed by atoms with Crippen LogP contribution < -0.4 is 0 Å². The monoisotopic (exact) mass is 762 g/mol. The molecule has 5 heterocycles. The summed E-state index contributed by atoms with van der Waals surface area (Å²) < 4.78 is 13.6. The van der Waals surface area contributed by atoms with E-state index in [0.29, 0.717) is 24.2 Å². The molecule has 0 radical (unpaired) electrons. The molecule has 10 heteroatoms. The molecule has 2 fully saturated rings. The number of aromatic nitrogens is 4. The van der Waals surface area contributed by atoms with Gasteiger partial charge in [-0.2, -0.15) is 0 Å². The van der Waals surface area contributed by atoms with Gasteiger partial charge in [-0.3, -0.25) is 9.59 Å². The number of carboxylic acids is 2. The minimum atomic E-state index is -0.878. The van der Waals surface area contributed by atoms with Gasteiger partial charge in [-0.05, 0) is 138 Å². The number of ether oxygens (including phenoxy) is 2.